The monoisotopic (exact) mass is 471 g/mol. The highest BCUT2D eigenvalue weighted by Gasteiger charge is 2.29. The number of aliphatic carboxylic acids is 1. The topological polar surface area (TPSA) is 222 Å². The van der Waals surface area contributed by atoms with Crippen molar-refractivity contribution in [2.45, 2.75) is 43.8 Å². The average Bonchev–Trinajstić information content (AvgIpc) is 3.25. The maximum atomic E-state index is 12.9. The van der Waals surface area contributed by atoms with E-state index in [1.165, 1.54) is 24.3 Å². The van der Waals surface area contributed by atoms with Gasteiger partial charge in [0.25, 0.3) is 0 Å². The second-order valence-corrected chi connectivity index (χ2v) is 7.84. The largest absolute Gasteiger partial charge is 0.480 e. The van der Waals surface area contributed by atoms with E-state index in [0.717, 1.165) is 0 Å². The minimum atomic E-state index is -1.25. The van der Waals surface area contributed by atoms with Crippen LogP contribution in [-0.4, -0.2) is 81.4 Å². The predicted molar refractivity (Wildman–Crippen MR) is 116 cm³/mol. The molecule has 0 saturated carbocycles. The Hall–Kier alpha value is -3.13. The molecule has 0 aliphatic rings. The summed E-state index contributed by atoms with van der Waals surface area (Å²) in [5.41, 5.74) is 11.0. The first-order valence-electron chi connectivity index (χ1n) is 9.75. The number of nitrogens with two attached hydrogens (primary N) is 2. The van der Waals surface area contributed by atoms with Crippen molar-refractivity contribution in [1.82, 2.24) is 25.9 Å². The number of aromatic amines is 1. The number of thioether (sulfide) groups is 1. The lowest BCUT2D eigenvalue weighted by Gasteiger charge is -2.24. The second-order valence-electron chi connectivity index (χ2n) is 6.85. The number of carboxylic acids is 1. The van der Waals surface area contributed by atoms with Crippen molar-refractivity contribution >= 4 is 41.4 Å². The molecule has 178 valence electrons. The molecule has 1 aromatic rings. The average molecular weight is 472 g/mol. The zero-order valence-corrected chi connectivity index (χ0v) is 18.4. The van der Waals surface area contributed by atoms with Gasteiger partial charge in [-0.25, -0.2) is 9.78 Å². The molecule has 0 spiro atoms. The minimum Gasteiger partial charge on any atom is -0.480 e. The number of aromatic nitrogens is 2. The van der Waals surface area contributed by atoms with Gasteiger partial charge in [0.05, 0.1) is 12.9 Å². The molecule has 14 heteroatoms. The summed E-state index contributed by atoms with van der Waals surface area (Å²) in [6.45, 7) is -0.353. The Morgan fingerprint density at radius 3 is 2.28 bits per heavy atom. The maximum absolute atomic E-state index is 12.9. The molecule has 4 amide bonds. The molecule has 3 unspecified atom stereocenters. The molecule has 1 aromatic heterocycles. The highest BCUT2D eigenvalue weighted by atomic mass is 32.2. The van der Waals surface area contributed by atoms with Crippen molar-refractivity contribution in [3.63, 3.8) is 0 Å². The van der Waals surface area contributed by atoms with Crippen molar-refractivity contribution < 1.29 is 29.1 Å². The third kappa shape index (κ3) is 9.78. The van der Waals surface area contributed by atoms with Gasteiger partial charge in [0.15, 0.2) is 0 Å². The molecule has 13 nitrogen and oxygen atoms in total. The molecule has 0 saturated heterocycles. The minimum absolute atomic E-state index is 0.0349. The molecule has 0 bridgehead atoms. The fourth-order valence-electron chi connectivity index (χ4n) is 2.67. The van der Waals surface area contributed by atoms with Crippen LogP contribution in [0, 0.1) is 0 Å². The first-order chi connectivity index (χ1) is 15.2. The van der Waals surface area contributed by atoms with Crippen molar-refractivity contribution in [2.75, 3.05) is 18.6 Å². The molecule has 0 fully saturated rings. The summed E-state index contributed by atoms with van der Waals surface area (Å²) in [7, 11) is 0. The summed E-state index contributed by atoms with van der Waals surface area (Å²) in [4.78, 5) is 66.6. The van der Waals surface area contributed by atoms with E-state index >= 15 is 0 Å². The summed E-state index contributed by atoms with van der Waals surface area (Å²) in [5.74, 6) is -3.52. The molecular weight excluding hydrogens is 442 g/mol. The Bertz CT molecular complexity index is 789. The number of carbonyl (C=O) groups excluding carboxylic acids is 4. The zero-order valence-electron chi connectivity index (χ0n) is 17.6. The first kappa shape index (κ1) is 26.9. The molecule has 1 rings (SSSR count). The van der Waals surface area contributed by atoms with Gasteiger partial charge >= 0.3 is 5.97 Å². The lowest BCUT2D eigenvalue weighted by atomic mass is 10.1. The van der Waals surface area contributed by atoms with E-state index in [4.69, 9.17) is 11.5 Å². The van der Waals surface area contributed by atoms with Crippen LogP contribution in [0.1, 0.15) is 25.0 Å². The van der Waals surface area contributed by atoms with Gasteiger partial charge in [0, 0.05) is 24.7 Å². The molecule has 0 aliphatic heterocycles. The molecule has 0 aromatic carbocycles. The number of rotatable bonds is 15. The summed E-state index contributed by atoms with van der Waals surface area (Å²) in [6, 6.07) is -3.51. The summed E-state index contributed by atoms with van der Waals surface area (Å²) < 4.78 is 0. The lowest BCUT2D eigenvalue weighted by Crippen LogP contribution is -2.56. The normalized spacial score (nSPS) is 13.4. The number of nitrogens with zero attached hydrogens (tertiary/aromatic N) is 1. The fourth-order valence-corrected chi connectivity index (χ4v) is 3.14. The van der Waals surface area contributed by atoms with Gasteiger partial charge in [-0.3, -0.25) is 19.2 Å². The predicted octanol–water partition coefficient (Wildman–Crippen LogP) is -2.53. The maximum Gasteiger partial charge on any atom is 0.326 e. The van der Waals surface area contributed by atoms with E-state index in [0.29, 0.717) is 11.4 Å². The van der Waals surface area contributed by atoms with Crippen LogP contribution < -0.4 is 27.4 Å². The van der Waals surface area contributed by atoms with Crippen LogP contribution >= 0.6 is 11.8 Å². The number of carbonyl (C=O) groups is 5. The first-order valence-corrected chi connectivity index (χ1v) is 11.1. The van der Waals surface area contributed by atoms with E-state index < -0.39 is 47.7 Å². The van der Waals surface area contributed by atoms with Crippen LogP contribution in [0.3, 0.4) is 0 Å². The van der Waals surface area contributed by atoms with Crippen LogP contribution in [0.2, 0.25) is 0 Å². The summed E-state index contributed by atoms with van der Waals surface area (Å²) in [6.07, 6.45) is 4.51. The number of primary amides is 1. The number of hydrogen-bond donors (Lipinski definition) is 7. The lowest BCUT2D eigenvalue weighted by molar-refractivity contribution is -0.142. The summed E-state index contributed by atoms with van der Waals surface area (Å²) in [5, 5.41) is 16.6. The van der Waals surface area contributed by atoms with Gasteiger partial charge in [-0.2, -0.15) is 11.8 Å². The van der Waals surface area contributed by atoms with E-state index in [1.54, 1.807) is 6.26 Å². The molecule has 1 heterocycles. The third-order valence-corrected chi connectivity index (χ3v) is 5.00. The number of H-pyrrole nitrogens is 1. The van der Waals surface area contributed by atoms with Gasteiger partial charge in [0.1, 0.15) is 18.1 Å². The summed E-state index contributed by atoms with van der Waals surface area (Å²) >= 11 is 1.42. The fraction of sp³-hybridized carbons (Fsp3) is 0.556. The van der Waals surface area contributed by atoms with Gasteiger partial charge in [-0.1, -0.05) is 0 Å². The SMILES string of the molecule is CSCCC(NC(=O)C(CCC(N)=O)NC(=O)C(Cc1cnc[nH]1)NC(=O)CN)C(=O)O. The van der Waals surface area contributed by atoms with Gasteiger partial charge in [-0.15, -0.1) is 0 Å². The second kappa shape index (κ2) is 14.0. The smallest absolute Gasteiger partial charge is 0.326 e. The molecule has 9 N–H and O–H groups in total. The Kier molecular flexibility index (Phi) is 11.8. The Morgan fingerprint density at radius 2 is 1.75 bits per heavy atom. The van der Waals surface area contributed by atoms with Crippen LogP contribution in [0.15, 0.2) is 12.5 Å². The van der Waals surface area contributed by atoms with Crippen molar-refractivity contribution in [3.05, 3.63) is 18.2 Å². The van der Waals surface area contributed by atoms with Crippen molar-refractivity contribution in [2.24, 2.45) is 11.5 Å². The molecule has 32 heavy (non-hydrogen) atoms. The number of carboxylic acid groups (broad SMARTS) is 1. The Labute approximate surface area is 188 Å². The zero-order chi connectivity index (χ0) is 24.1. The van der Waals surface area contributed by atoms with Crippen LogP contribution in [0.5, 0.6) is 0 Å². The van der Waals surface area contributed by atoms with Crippen molar-refractivity contribution in [1.29, 1.82) is 0 Å². The number of amides is 4. The highest BCUT2D eigenvalue weighted by molar-refractivity contribution is 7.98. The molecule has 0 radical (unpaired) electrons. The van der Waals surface area contributed by atoms with Crippen molar-refractivity contribution in [3.8, 4) is 0 Å². The van der Waals surface area contributed by atoms with Gasteiger partial charge in [-0.05, 0) is 24.9 Å². The quantitative estimate of drug-likeness (QED) is 0.143. The highest BCUT2D eigenvalue weighted by Crippen LogP contribution is 2.06. The Balaban J connectivity index is 2.97. The van der Waals surface area contributed by atoms with E-state index in [1.807, 2.05) is 0 Å². The van der Waals surface area contributed by atoms with Gasteiger partial charge < -0.3 is 37.5 Å². The van der Waals surface area contributed by atoms with Crippen LogP contribution in [0.4, 0.5) is 0 Å². The van der Waals surface area contributed by atoms with E-state index in [9.17, 15) is 29.1 Å². The van der Waals surface area contributed by atoms with Gasteiger partial charge in [0.2, 0.25) is 23.6 Å². The van der Waals surface area contributed by atoms with Crippen LogP contribution in [-0.2, 0) is 30.4 Å². The number of nitrogens with one attached hydrogen (secondary N) is 4. The molecular formula is C18H29N7O6S. The molecule has 0 aliphatic carbocycles. The third-order valence-electron chi connectivity index (χ3n) is 4.35. The van der Waals surface area contributed by atoms with Crippen LogP contribution in [0.25, 0.3) is 0 Å². The standard InChI is InChI=1S/C18H29N7O6S/c1-32-5-4-12(18(30)31)25-16(28)11(2-3-14(20)26)24-17(29)13(23-15(27)7-19)6-10-8-21-9-22-10/h8-9,11-13H,2-7,19H2,1H3,(H2,20,26)(H,21,22)(H,23,27)(H,24,29)(H,25,28)(H,30,31). The van der Waals surface area contributed by atoms with E-state index in [2.05, 4.69) is 25.9 Å². The molecule has 3 atom stereocenters. The Morgan fingerprint density at radius 1 is 1.09 bits per heavy atom. The number of hydrogen-bond acceptors (Lipinski definition) is 8. The van der Waals surface area contributed by atoms with E-state index in [-0.39, 0.29) is 32.2 Å². The number of imidazole rings is 1.